The Labute approximate surface area is 118 Å². The molecule has 0 rings (SSSR count). The standard InChI is InChI=1S/C13H21NO6/c1-8(2)6-9(12(16)19-4)14-10(13(17)20-5)7-11(15)18-3/h7-9,14H,6H2,1-5H3/b10-7+. The molecule has 1 atom stereocenters. The molecule has 0 aromatic heterocycles. The minimum atomic E-state index is -0.770. The predicted molar refractivity (Wildman–Crippen MR) is 70.5 cm³/mol. The van der Waals surface area contributed by atoms with Gasteiger partial charge in [0.05, 0.1) is 27.4 Å². The van der Waals surface area contributed by atoms with E-state index in [4.69, 9.17) is 0 Å². The summed E-state index contributed by atoms with van der Waals surface area (Å²) in [4.78, 5) is 34.5. The van der Waals surface area contributed by atoms with Crippen LogP contribution in [0.5, 0.6) is 0 Å². The van der Waals surface area contributed by atoms with Crippen LogP contribution in [0, 0.1) is 5.92 Å². The summed E-state index contributed by atoms with van der Waals surface area (Å²) >= 11 is 0. The summed E-state index contributed by atoms with van der Waals surface area (Å²) in [7, 11) is 3.60. The number of methoxy groups -OCH3 is 3. The van der Waals surface area contributed by atoms with E-state index in [0.29, 0.717) is 6.42 Å². The predicted octanol–water partition coefficient (Wildman–Crippen LogP) is 0.394. The van der Waals surface area contributed by atoms with Crippen LogP contribution in [-0.2, 0) is 28.6 Å². The summed E-state index contributed by atoms with van der Waals surface area (Å²) in [5.41, 5.74) is -0.157. The number of carbonyl (C=O) groups is 3. The first-order valence-corrected chi connectivity index (χ1v) is 6.08. The van der Waals surface area contributed by atoms with Gasteiger partial charge in [0.1, 0.15) is 11.7 Å². The Kier molecular flexibility index (Phi) is 8.03. The first kappa shape index (κ1) is 17.9. The van der Waals surface area contributed by atoms with Crippen molar-refractivity contribution in [3.8, 4) is 0 Å². The van der Waals surface area contributed by atoms with Crippen molar-refractivity contribution in [2.24, 2.45) is 5.92 Å². The van der Waals surface area contributed by atoms with Gasteiger partial charge < -0.3 is 19.5 Å². The molecule has 0 aliphatic carbocycles. The fourth-order valence-corrected chi connectivity index (χ4v) is 1.46. The lowest BCUT2D eigenvalue weighted by Crippen LogP contribution is -2.40. The van der Waals surface area contributed by atoms with Crippen molar-refractivity contribution in [3.63, 3.8) is 0 Å². The van der Waals surface area contributed by atoms with E-state index in [1.54, 1.807) is 0 Å². The lowest BCUT2D eigenvalue weighted by Gasteiger charge is -2.20. The van der Waals surface area contributed by atoms with Crippen LogP contribution in [0.1, 0.15) is 20.3 Å². The number of ether oxygens (including phenoxy) is 3. The second-order valence-corrected chi connectivity index (χ2v) is 4.42. The second-order valence-electron chi connectivity index (χ2n) is 4.42. The van der Waals surface area contributed by atoms with Crippen molar-refractivity contribution < 1.29 is 28.6 Å². The lowest BCUT2D eigenvalue weighted by atomic mass is 10.0. The van der Waals surface area contributed by atoms with E-state index in [9.17, 15) is 14.4 Å². The third kappa shape index (κ3) is 6.21. The van der Waals surface area contributed by atoms with Crippen LogP contribution in [0.4, 0.5) is 0 Å². The van der Waals surface area contributed by atoms with Crippen molar-refractivity contribution in [1.82, 2.24) is 5.32 Å². The lowest BCUT2D eigenvalue weighted by molar-refractivity contribution is -0.144. The zero-order chi connectivity index (χ0) is 15.7. The highest BCUT2D eigenvalue weighted by Gasteiger charge is 2.24. The van der Waals surface area contributed by atoms with Crippen LogP contribution in [0.25, 0.3) is 0 Å². The number of carbonyl (C=O) groups excluding carboxylic acids is 3. The molecule has 0 aliphatic rings. The summed E-state index contributed by atoms with van der Waals surface area (Å²) in [5.74, 6) is -1.85. The zero-order valence-electron chi connectivity index (χ0n) is 12.4. The Hall–Kier alpha value is -2.05. The maximum absolute atomic E-state index is 11.7. The SMILES string of the molecule is COC(=O)/C=C(/NC(CC(C)C)C(=O)OC)C(=O)OC. The smallest absolute Gasteiger partial charge is 0.354 e. The summed E-state index contributed by atoms with van der Waals surface area (Å²) in [6.45, 7) is 3.83. The van der Waals surface area contributed by atoms with Crippen LogP contribution in [0.2, 0.25) is 0 Å². The molecule has 1 N–H and O–H groups in total. The average molecular weight is 287 g/mol. The molecular weight excluding hydrogens is 266 g/mol. The Balaban J connectivity index is 5.16. The van der Waals surface area contributed by atoms with E-state index in [1.807, 2.05) is 13.8 Å². The first-order chi connectivity index (χ1) is 9.35. The molecule has 1 unspecified atom stereocenters. The van der Waals surface area contributed by atoms with E-state index < -0.39 is 23.9 Å². The van der Waals surface area contributed by atoms with E-state index in [0.717, 1.165) is 6.08 Å². The average Bonchev–Trinajstić information content (AvgIpc) is 2.42. The van der Waals surface area contributed by atoms with E-state index >= 15 is 0 Å². The molecule has 0 aromatic rings. The maximum atomic E-state index is 11.7. The van der Waals surface area contributed by atoms with Gasteiger partial charge in [0.25, 0.3) is 0 Å². The van der Waals surface area contributed by atoms with Gasteiger partial charge in [-0.25, -0.2) is 14.4 Å². The minimum Gasteiger partial charge on any atom is -0.467 e. The molecule has 0 aromatic carbocycles. The van der Waals surface area contributed by atoms with Gasteiger partial charge in [0.15, 0.2) is 0 Å². The highest BCUT2D eigenvalue weighted by Crippen LogP contribution is 2.09. The fraction of sp³-hybridized carbons (Fsp3) is 0.615. The summed E-state index contributed by atoms with van der Waals surface area (Å²) in [5, 5.41) is 2.66. The normalized spacial score (nSPS) is 12.6. The molecule has 7 nitrogen and oxygen atoms in total. The molecular formula is C13H21NO6. The number of hydrogen-bond acceptors (Lipinski definition) is 7. The van der Waals surface area contributed by atoms with Gasteiger partial charge in [0, 0.05) is 0 Å². The minimum absolute atomic E-state index is 0.157. The van der Waals surface area contributed by atoms with Gasteiger partial charge >= 0.3 is 17.9 Å². The summed E-state index contributed by atoms with van der Waals surface area (Å²) in [6.07, 6.45) is 1.37. The highest BCUT2D eigenvalue weighted by molar-refractivity contribution is 5.96. The van der Waals surface area contributed by atoms with Crippen LogP contribution in [-0.4, -0.2) is 45.3 Å². The fourth-order valence-electron chi connectivity index (χ4n) is 1.46. The Morgan fingerprint density at radius 3 is 2.05 bits per heavy atom. The molecule has 20 heavy (non-hydrogen) atoms. The molecule has 0 saturated heterocycles. The number of nitrogens with one attached hydrogen (secondary N) is 1. The third-order valence-electron chi connectivity index (χ3n) is 2.39. The number of esters is 3. The summed E-state index contributed by atoms with van der Waals surface area (Å²) < 4.78 is 13.7. The molecule has 0 amide bonds. The van der Waals surface area contributed by atoms with Gasteiger partial charge in [0.2, 0.25) is 0 Å². The molecule has 0 fully saturated rings. The van der Waals surface area contributed by atoms with Crippen molar-refractivity contribution in [2.75, 3.05) is 21.3 Å². The second kappa shape index (κ2) is 8.95. The summed E-state index contributed by atoms with van der Waals surface area (Å²) in [6, 6.07) is -0.755. The van der Waals surface area contributed by atoms with Gasteiger partial charge in [-0.2, -0.15) is 0 Å². The van der Waals surface area contributed by atoms with Crippen molar-refractivity contribution in [1.29, 1.82) is 0 Å². The molecule has 0 saturated carbocycles. The highest BCUT2D eigenvalue weighted by atomic mass is 16.5. The van der Waals surface area contributed by atoms with Crippen molar-refractivity contribution >= 4 is 17.9 Å². The molecule has 0 spiro atoms. The van der Waals surface area contributed by atoms with Gasteiger partial charge in [-0.15, -0.1) is 0 Å². The monoisotopic (exact) mass is 287 g/mol. The topological polar surface area (TPSA) is 90.9 Å². The largest absolute Gasteiger partial charge is 0.467 e. The van der Waals surface area contributed by atoms with Crippen LogP contribution in [0.3, 0.4) is 0 Å². The molecule has 114 valence electrons. The quantitative estimate of drug-likeness (QED) is 0.411. The van der Waals surface area contributed by atoms with E-state index in [2.05, 4.69) is 19.5 Å². The molecule has 0 radical (unpaired) electrons. The van der Waals surface area contributed by atoms with Gasteiger partial charge in [-0.3, -0.25) is 0 Å². The van der Waals surface area contributed by atoms with Crippen LogP contribution >= 0.6 is 0 Å². The van der Waals surface area contributed by atoms with Crippen LogP contribution in [0.15, 0.2) is 11.8 Å². The molecule has 0 aliphatic heterocycles. The number of hydrogen-bond donors (Lipinski definition) is 1. The molecule has 7 heteroatoms. The van der Waals surface area contributed by atoms with E-state index in [-0.39, 0.29) is 11.6 Å². The Morgan fingerprint density at radius 2 is 1.65 bits per heavy atom. The first-order valence-electron chi connectivity index (χ1n) is 6.08. The molecule has 0 heterocycles. The Morgan fingerprint density at radius 1 is 1.05 bits per heavy atom. The third-order valence-corrected chi connectivity index (χ3v) is 2.39. The van der Waals surface area contributed by atoms with Gasteiger partial charge in [-0.05, 0) is 12.3 Å². The number of rotatable bonds is 7. The van der Waals surface area contributed by atoms with Crippen molar-refractivity contribution in [2.45, 2.75) is 26.3 Å². The Bertz CT molecular complexity index is 388. The zero-order valence-corrected chi connectivity index (χ0v) is 12.4. The van der Waals surface area contributed by atoms with E-state index in [1.165, 1.54) is 21.3 Å². The maximum Gasteiger partial charge on any atom is 0.354 e. The molecule has 0 bridgehead atoms. The van der Waals surface area contributed by atoms with Crippen LogP contribution < -0.4 is 5.32 Å². The van der Waals surface area contributed by atoms with Gasteiger partial charge in [-0.1, -0.05) is 13.8 Å². The van der Waals surface area contributed by atoms with Crippen molar-refractivity contribution in [3.05, 3.63) is 11.8 Å².